The van der Waals surface area contributed by atoms with E-state index >= 15 is 0 Å². The van der Waals surface area contributed by atoms with Crippen LogP contribution < -0.4 is 10.2 Å². The minimum Gasteiger partial charge on any atom is -0.507 e. The first-order valence-corrected chi connectivity index (χ1v) is 10.6. The van der Waals surface area contributed by atoms with Crippen molar-refractivity contribution in [1.82, 2.24) is 4.31 Å². The summed E-state index contributed by atoms with van der Waals surface area (Å²) in [6.07, 6.45) is 1.54. The molecule has 11 heteroatoms. The zero-order valence-electron chi connectivity index (χ0n) is 16.5. The Morgan fingerprint density at radius 3 is 2.53 bits per heavy atom. The summed E-state index contributed by atoms with van der Waals surface area (Å²) in [6.45, 7) is 2.43. The fourth-order valence-electron chi connectivity index (χ4n) is 3.14. The van der Waals surface area contributed by atoms with Crippen molar-refractivity contribution in [3.63, 3.8) is 0 Å². The number of benzene rings is 2. The number of nitrogens with zero attached hydrogens (tertiary/aromatic N) is 3. The summed E-state index contributed by atoms with van der Waals surface area (Å²) in [5, 5.41) is 25.7. The third kappa shape index (κ3) is 4.36. The van der Waals surface area contributed by atoms with E-state index in [1.807, 2.05) is 0 Å². The molecule has 160 valence electrons. The molecule has 0 bridgehead atoms. The van der Waals surface area contributed by atoms with Crippen molar-refractivity contribution in [2.75, 3.05) is 25.6 Å². The van der Waals surface area contributed by atoms with Gasteiger partial charge < -0.3 is 9.84 Å². The highest BCUT2D eigenvalue weighted by atomic mass is 32.2. The number of methoxy groups -OCH3 is 1. The van der Waals surface area contributed by atoms with Crippen molar-refractivity contribution in [2.45, 2.75) is 24.7 Å². The Bertz CT molecular complexity index is 1090. The molecular weight excluding hydrogens is 412 g/mol. The Labute approximate surface area is 174 Å². The summed E-state index contributed by atoms with van der Waals surface area (Å²) in [5.41, 5.74) is 3.01. The summed E-state index contributed by atoms with van der Waals surface area (Å²) in [4.78, 5) is 10.7. The Hall–Kier alpha value is -3.18. The van der Waals surface area contributed by atoms with E-state index in [2.05, 4.69) is 10.5 Å². The number of nitrogens with one attached hydrogen (secondary N) is 1. The molecule has 1 aliphatic rings. The molecule has 0 spiro atoms. The molecule has 3 rings (SSSR count). The highest BCUT2D eigenvalue weighted by molar-refractivity contribution is 7.89. The molecule has 0 amide bonds. The number of aromatic hydroxyl groups is 1. The standard InChI is InChI=1S/C19H22N4O6S/c1-13(16-7-5-14(29-2)11-19(16)24)20-21-17-8-6-15(12-18(17)23(25)26)30(27,28)22-9-3-4-10-22/h5-8,11-12,21,24H,3-4,9-10H2,1-2H3. The van der Waals surface area contributed by atoms with Crippen LogP contribution in [-0.2, 0) is 10.0 Å². The van der Waals surface area contributed by atoms with Crippen molar-refractivity contribution < 1.29 is 23.2 Å². The van der Waals surface area contributed by atoms with E-state index in [0.29, 0.717) is 30.1 Å². The van der Waals surface area contributed by atoms with E-state index in [9.17, 15) is 23.6 Å². The van der Waals surface area contributed by atoms with Gasteiger partial charge in [-0.2, -0.15) is 9.41 Å². The van der Waals surface area contributed by atoms with Gasteiger partial charge in [0, 0.05) is 30.8 Å². The molecule has 30 heavy (non-hydrogen) atoms. The molecule has 1 heterocycles. The second-order valence-corrected chi connectivity index (χ2v) is 8.68. The zero-order chi connectivity index (χ0) is 21.9. The van der Waals surface area contributed by atoms with Crippen molar-refractivity contribution >= 4 is 27.1 Å². The van der Waals surface area contributed by atoms with Crippen LogP contribution in [0.15, 0.2) is 46.4 Å². The molecule has 0 aromatic heterocycles. The number of phenolic OH excluding ortho intramolecular Hbond substituents is 1. The Morgan fingerprint density at radius 1 is 1.23 bits per heavy atom. The number of hydrogen-bond acceptors (Lipinski definition) is 8. The lowest BCUT2D eigenvalue weighted by Gasteiger charge is -2.15. The number of hydrogen-bond donors (Lipinski definition) is 2. The van der Waals surface area contributed by atoms with Gasteiger partial charge in [-0.1, -0.05) is 0 Å². The topological polar surface area (TPSA) is 134 Å². The second-order valence-electron chi connectivity index (χ2n) is 6.74. The highest BCUT2D eigenvalue weighted by Crippen LogP contribution is 2.30. The van der Waals surface area contributed by atoms with Crippen LogP contribution in [0.1, 0.15) is 25.3 Å². The Morgan fingerprint density at radius 2 is 1.93 bits per heavy atom. The number of nitro benzene ring substituents is 1. The molecule has 0 unspecified atom stereocenters. The van der Waals surface area contributed by atoms with Gasteiger partial charge in [0.25, 0.3) is 5.69 Å². The largest absolute Gasteiger partial charge is 0.507 e. The van der Waals surface area contributed by atoms with Crippen LogP contribution in [0.3, 0.4) is 0 Å². The second kappa shape index (κ2) is 8.67. The number of ether oxygens (including phenoxy) is 1. The van der Waals surface area contributed by atoms with Gasteiger partial charge in [-0.25, -0.2) is 8.42 Å². The maximum Gasteiger partial charge on any atom is 0.295 e. The van der Waals surface area contributed by atoms with Crippen molar-refractivity contribution in [3.8, 4) is 11.5 Å². The number of hydrazone groups is 1. The van der Waals surface area contributed by atoms with E-state index in [0.717, 1.165) is 18.9 Å². The van der Waals surface area contributed by atoms with Gasteiger partial charge in [0.1, 0.15) is 17.2 Å². The predicted molar refractivity (Wildman–Crippen MR) is 112 cm³/mol. The third-order valence-corrected chi connectivity index (χ3v) is 6.70. The fourth-order valence-corrected chi connectivity index (χ4v) is 4.68. The van der Waals surface area contributed by atoms with Crippen LogP contribution in [0.4, 0.5) is 11.4 Å². The lowest BCUT2D eigenvalue weighted by Crippen LogP contribution is -2.27. The van der Waals surface area contributed by atoms with Crippen LogP contribution in [-0.4, -0.2) is 48.7 Å². The van der Waals surface area contributed by atoms with Crippen LogP contribution >= 0.6 is 0 Å². The summed E-state index contributed by atoms with van der Waals surface area (Å²) in [5.74, 6) is 0.418. The van der Waals surface area contributed by atoms with Gasteiger partial charge in [-0.05, 0) is 44.0 Å². The molecule has 0 saturated carbocycles. The van der Waals surface area contributed by atoms with Gasteiger partial charge in [0.05, 0.1) is 22.6 Å². The SMILES string of the molecule is COc1ccc(C(C)=NNc2ccc(S(=O)(=O)N3CCCC3)cc2[N+](=O)[O-])c(O)c1. The molecule has 0 radical (unpaired) electrons. The molecule has 1 fully saturated rings. The molecule has 0 aliphatic carbocycles. The van der Waals surface area contributed by atoms with Gasteiger partial charge in [-0.15, -0.1) is 0 Å². The first-order valence-electron chi connectivity index (χ1n) is 9.20. The van der Waals surface area contributed by atoms with Crippen molar-refractivity contribution in [1.29, 1.82) is 0 Å². The van der Waals surface area contributed by atoms with E-state index < -0.39 is 20.6 Å². The van der Waals surface area contributed by atoms with Gasteiger partial charge in [0.2, 0.25) is 10.0 Å². The van der Waals surface area contributed by atoms with Gasteiger partial charge in [0.15, 0.2) is 0 Å². The Kier molecular flexibility index (Phi) is 6.22. The zero-order valence-corrected chi connectivity index (χ0v) is 17.3. The minimum absolute atomic E-state index is 0.0349. The molecule has 2 aromatic rings. The number of nitro groups is 1. The average Bonchev–Trinajstić information content (AvgIpc) is 3.27. The van der Waals surface area contributed by atoms with E-state index in [-0.39, 0.29) is 16.3 Å². The maximum absolute atomic E-state index is 12.7. The normalized spacial score (nSPS) is 15.2. The number of sulfonamides is 1. The third-order valence-electron chi connectivity index (χ3n) is 4.81. The lowest BCUT2D eigenvalue weighted by molar-refractivity contribution is -0.384. The lowest BCUT2D eigenvalue weighted by atomic mass is 10.1. The van der Waals surface area contributed by atoms with Crippen LogP contribution in [0.2, 0.25) is 0 Å². The van der Waals surface area contributed by atoms with Crippen molar-refractivity contribution in [3.05, 3.63) is 52.1 Å². The first-order chi connectivity index (χ1) is 14.2. The quantitative estimate of drug-likeness (QED) is 0.389. The summed E-state index contributed by atoms with van der Waals surface area (Å²) in [6, 6.07) is 8.34. The molecule has 10 nitrogen and oxygen atoms in total. The minimum atomic E-state index is -3.78. The summed E-state index contributed by atoms with van der Waals surface area (Å²) >= 11 is 0. The molecule has 1 aliphatic heterocycles. The van der Waals surface area contributed by atoms with Crippen LogP contribution in [0.25, 0.3) is 0 Å². The molecule has 1 saturated heterocycles. The van der Waals surface area contributed by atoms with E-state index in [1.165, 1.54) is 29.6 Å². The maximum atomic E-state index is 12.7. The number of anilines is 1. The number of phenols is 1. The van der Waals surface area contributed by atoms with E-state index in [4.69, 9.17) is 4.74 Å². The first kappa shape index (κ1) is 21.5. The smallest absolute Gasteiger partial charge is 0.295 e. The molecule has 0 atom stereocenters. The molecule has 2 N–H and O–H groups in total. The Balaban J connectivity index is 1.89. The summed E-state index contributed by atoms with van der Waals surface area (Å²) in [7, 11) is -2.30. The molecular formula is C19H22N4O6S. The van der Waals surface area contributed by atoms with E-state index in [1.54, 1.807) is 19.1 Å². The van der Waals surface area contributed by atoms with Crippen LogP contribution in [0, 0.1) is 10.1 Å². The monoisotopic (exact) mass is 434 g/mol. The average molecular weight is 434 g/mol. The predicted octanol–water partition coefficient (Wildman–Crippen LogP) is 2.93. The van der Waals surface area contributed by atoms with Gasteiger partial charge >= 0.3 is 0 Å². The highest BCUT2D eigenvalue weighted by Gasteiger charge is 2.29. The summed E-state index contributed by atoms with van der Waals surface area (Å²) < 4.78 is 31.7. The van der Waals surface area contributed by atoms with Gasteiger partial charge in [-0.3, -0.25) is 15.5 Å². The number of rotatable bonds is 7. The van der Waals surface area contributed by atoms with Crippen LogP contribution in [0.5, 0.6) is 11.5 Å². The fraction of sp³-hybridized carbons (Fsp3) is 0.316. The molecule has 2 aromatic carbocycles. The van der Waals surface area contributed by atoms with Crippen molar-refractivity contribution in [2.24, 2.45) is 5.10 Å².